The molecule has 0 bridgehead atoms. The predicted molar refractivity (Wildman–Crippen MR) is 71.0 cm³/mol. The Morgan fingerprint density at radius 2 is 2.26 bits per heavy atom. The van der Waals surface area contributed by atoms with Gasteiger partial charge in [0.2, 0.25) is 5.91 Å². The Bertz CT molecular complexity index is 673. The van der Waals surface area contributed by atoms with E-state index < -0.39 is 5.76 Å². The maximum atomic E-state index is 12.1. The normalized spacial score (nSPS) is 22.8. The first-order chi connectivity index (χ1) is 9.13. The first-order valence-corrected chi connectivity index (χ1v) is 6.28. The molecular weight excluding hydrogens is 246 g/mol. The van der Waals surface area contributed by atoms with Crippen molar-refractivity contribution in [1.29, 1.82) is 0 Å². The van der Waals surface area contributed by atoms with Gasteiger partial charge in [-0.3, -0.25) is 9.78 Å². The molecule has 6 heteroatoms. The number of hydrogen-bond donors (Lipinski definition) is 3. The van der Waals surface area contributed by atoms with Crippen molar-refractivity contribution in [2.45, 2.75) is 6.92 Å². The van der Waals surface area contributed by atoms with Crippen LogP contribution >= 0.6 is 0 Å². The van der Waals surface area contributed by atoms with Gasteiger partial charge in [0.25, 0.3) is 0 Å². The minimum atomic E-state index is -0.493. The van der Waals surface area contributed by atoms with Gasteiger partial charge in [0.1, 0.15) is 0 Å². The number of rotatable bonds is 2. The molecule has 19 heavy (non-hydrogen) atoms. The lowest BCUT2D eigenvalue weighted by atomic mass is 9.97. The van der Waals surface area contributed by atoms with Gasteiger partial charge in [-0.05, 0) is 30.7 Å². The molecule has 1 aromatic carbocycles. The summed E-state index contributed by atoms with van der Waals surface area (Å²) in [5.41, 5.74) is 1.73. The lowest BCUT2D eigenvalue weighted by Gasteiger charge is -2.14. The Kier molecular flexibility index (Phi) is 2.87. The molecule has 0 saturated carbocycles. The highest BCUT2D eigenvalue weighted by Gasteiger charge is 2.29. The Balaban J connectivity index is 1.80. The highest BCUT2D eigenvalue weighted by Crippen LogP contribution is 2.20. The van der Waals surface area contributed by atoms with Gasteiger partial charge < -0.3 is 15.1 Å². The van der Waals surface area contributed by atoms with Crippen molar-refractivity contribution < 1.29 is 9.21 Å². The van der Waals surface area contributed by atoms with E-state index in [0.29, 0.717) is 29.2 Å². The maximum absolute atomic E-state index is 12.1. The van der Waals surface area contributed by atoms with Crippen molar-refractivity contribution in [2.75, 3.05) is 18.4 Å². The van der Waals surface area contributed by atoms with Crippen LogP contribution in [0.25, 0.3) is 11.1 Å². The number of nitrogens with one attached hydrogen (secondary N) is 3. The summed E-state index contributed by atoms with van der Waals surface area (Å²) >= 11 is 0. The van der Waals surface area contributed by atoms with Gasteiger partial charge in [0.15, 0.2) is 5.58 Å². The van der Waals surface area contributed by atoms with Gasteiger partial charge in [-0.1, -0.05) is 6.92 Å². The molecule has 3 N–H and O–H groups in total. The predicted octanol–water partition coefficient (Wildman–Crippen LogP) is 0.915. The average Bonchev–Trinajstić information content (AvgIpc) is 2.93. The molecule has 3 rings (SSSR count). The third-order valence-electron chi connectivity index (χ3n) is 3.54. The molecular formula is C13H15N3O3. The number of anilines is 1. The third kappa shape index (κ3) is 2.26. The molecule has 6 nitrogen and oxygen atoms in total. The fourth-order valence-corrected chi connectivity index (χ4v) is 2.43. The Hall–Kier alpha value is -2.08. The van der Waals surface area contributed by atoms with Crippen molar-refractivity contribution in [1.82, 2.24) is 10.3 Å². The van der Waals surface area contributed by atoms with E-state index in [1.165, 1.54) is 0 Å². The molecule has 1 amide bonds. The van der Waals surface area contributed by atoms with Gasteiger partial charge in [0.05, 0.1) is 11.4 Å². The second-order valence-electron chi connectivity index (χ2n) is 4.96. The van der Waals surface area contributed by atoms with E-state index in [4.69, 9.17) is 4.42 Å². The Morgan fingerprint density at radius 3 is 3.00 bits per heavy atom. The topological polar surface area (TPSA) is 87.1 Å². The van der Waals surface area contributed by atoms with Crippen molar-refractivity contribution in [3.8, 4) is 0 Å². The highest BCUT2D eigenvalue weighted by atomic mass is 16.4. The van der Waals surface area contributed by atoms with Gasteiger partial charge in [-0.2, -0.15) is 0 Å². The summed E-state index contributed by atoms with van der Waals surface area (Å²) in [5, 5.41) is 6.07. The lowest BCUT2D eigenvalue weighted by Crippen LogP contribution is -2.27. The number of benzene rings is 1. The molecule has 1 aliphatic heterocycles. The van der Waals surface area contributed by atoms with Crippen LogP contribution in [0, 0.1) is 11.8 Å². The summed E-state index contributed by atoms with van der Waals surface area (Å²) in [6.07, 6.45) is 0. The second kappa shape index (κ2) is 4.55. The molecule has 0 radical (unpaired) electrons. The fourth-order valence-electron chi connectivity index (χ4n) is 2.43. The Morgan fingerprint density at radius 1 is 1.42 bits per heavy atom. The van der Waals surface area contributed by atoms with Gasteiger partial charge in [-0.15, -0.1) is 0 Å². The maximum Gasteiger partial charge on any atom is 0.417 e. The molecule has 2 aromatic rings. The van der Waals surface area contributed by atoms with Crippen LogP contribution in [0.2, 0.25) is 0 Å². The number of carbonyl (C=O) groups excluding carboxylic acids is 1. The zero-order chi connectivity index (χ0) is 13.4. The molecule has 0 unspecified atom stereocenters. The fraction of sp³-hybridized carbons (Fsp3) is 0.385. The van der Waals surface area contributed by atoms with E-state index in [9.17, 15) is 9.59 Å². The summed E-state index contributed by atoms with van der Waals surface area (Å²) in [5.74, 6) is -0.175. The van der Waals surface area contributed by atoms with E-state index in [1.807, 2.05) is 0 Å². The number of aromatic nitrogens is 1. The van der Waals surface area contributed by atoms with Crippen LogP contribution < -0.4 is 16.4 Å². The van der Waals surface area contributed by atoms with Crippen LogP contribution in [-0.2, 0) is 4.79 Å². The van der Waals surface area contributed by atoms with E-state index in [2.05, 4.69) is 22.5 Å². The number of carbonyl (C=O) groups is 1. The van der Waals surface area contributed by atoms with E-state index >= 15 is 0 Å². The molecule has 0 aliphatic carbocycles. The van der Waals surface area contributed by atoms with Gasteiger partial charge in [-0.25, -0.2) is 4.79 Å². The zero-order valence-electron chi connectivity index (χ0n) is 10.5. The van der Waals surface area contributed by atoms with Crippen molar-refractivity contribution in [3.05, 3.63) is 28.7 Å². The van der Waals surface area contributed by atoms with Crippen LogP contribution in [0.5, 0.6) is 0 Å². The molecule has 2 heterocycles. The minimum Gasteiger partial charge on any atom is -0.408 e. The molecule has 1 aliphatic rings. The van der Waals surface area contributed by atoms with Crippen LogP contribution in [0.4, 0.5) is 5.69 Å². The molecule has 0 spiro atoms. The molecule has 1 fully saturated rings. The first kappa shape index (κ1) is 12.0. The summed E-state index contributed by atoms with van der Waals surface area (Å²) in [4.78, 5) is 25.7. The van der Waals surface area contributed by atoms with E-state index in [-0.39, 0.29) is 11.8 Å². The molecule has 100 valence electrons. The molecule has 2 atom stereocenters. The number of fused-ring (bicyclic) bond motifs is 1. The summed E-state index contributed by atoms with van der Waals surface area (Å²) in [7, 11) is 0. The first-order valence-electron chi connectivity index (χ1n) is 6.28. The van der Waals surface area contributed by atoms with E-state index in [0.717, 1.165) is 6.54 Å². The summed E-state index contributed by atoms with van der Waals surface area (Å²) < 4.78 is 4.91. The number of oxazole rings is 1. The van der Waals surface area contributed by atoms with Crippen molar-refractivity contribution >= 4 is 22.7 Å². The Labute approximate surface area is 109 Å². The van der Waals surface area contributed by atoms with Crippen LogP contribution in [0.1, 0.15) is 6.92 Å². The smallest absolute Gasteiger partial charge is 0.408 e. The van der Waals surface area contributed by atoms with Crippen molar-refractivity contribution in [2.24, 2.45) is 11.8 Å². The SMILES string of the molecule is C[C@@H]1CNC[C@H]1C(=O)Nc1ccc2oc(=O)[nH]c2c1. The quantitative estimate of drug-likeness (QED) is 0.750. The number of H-pyrrole nitrogens is 1. The third-order valence-corrected chi connectivity index (χ3v) is 3.54. The summed E-state index contributed by atoms with van der Waals surface area (Å²) in [6, 6.07) is 5.09. The number of amides is 1. The van der Waals surface area contributed by atoms with Gasteiger partial charge in [0, 0.05) is 12.2 Å². The molecule has 1 aromatic heterocycles. The monoisotopic (exact) mass is 261 g/mol. The van der Waals surface area contributed by atoms with E-state index in [1.54, 1.807) is 18.2 Å². The van der Waals surface area contributed by atoms with Crippen LogP contribution in [-0.4, -0.2) is 24.0 Å². The highest BCUT2D eigenvalue weighted by molar-refractivity contribution is 5.94. The van der Waals surface area contributed by atoms with Crippen molar-refractivity contribution in [3.63, 3.8) is 0 Å². The van der Waals surface area contributed by atoms with Crippen LogP contribution in [0.15, 0.2) is 27.4 Å². The average molecular weight is 261 g/mol. The second-order valence-corrected chi connectivity index (χ2v) is 4.96. The zero-order valence-corrected chi connectivity index (χ0v) is 10.5. The minimum absolute atomic E-state index is 0.00249. The largest absolute Gasteiger partial charge is 0.417 e. The molecule has 1 saturated heterocycles. The number of aromatic amines is 1. The summed E-state index contributed by atoms with van der Waals surface area (Å²) in [6.45, 7) is 3.63. The van der Waals surface area contributed by atoms with Gasteiger partial charge >= 0.3 is 5.76 Å². The number of hydrogen-bond acceptors (Lipinski definition) is 4. The lowest BCUT2D eigenvalue weighted by molar-refractivity contribution is -0.120. The standard InChI is InChI=1S/C13H15N3O3/c1-7-5-14-6-9(7)12(17)15-8-2-3-11-10(4-8)16-13(18)19-11/h2-4,7,9,14H,5-6H2,1H3,(H,15,17)(H,16,18)/t7-,9-/m1/s1. The van der Waals surface area contributed by atoms with Crippen LogP contribution in [0.3, 0.4) is 0 Å².